The minimum absolute atomic E-state index is 0.0370. The van der Waals surface area contributed by atoms with Gasteiger partial charge in [-0.1, -0.05) is 18.2 Å². The summed E-state index contributed by atoms with van der Waals surface area (Å²) in [6.45, 7) is 3.40. The predicted octanol–water partition coefficient (Wildman–Crippen LogP) is 3.85. The zero-order valence-electron chi connectivity index (χ0n) is 11.7. The van der Waals surface area contributed by atoms with E-state index in [-0.39, 0.29) is 23.2 Å². The number of nitrogens with zero attached hydrogens (tertiary/aromatic N) is 1. The molecule has 1 unspecified atom stereocenters. The van der Waals surface area contributed by atoms with Gasteiger partial charge in [0, 0.05) is 12.1 Å². The van der Waals surface area contributed by atoms with E-state index in [1.165, 1.54) is 18.2 Å². The lowest BCUT2D eigenvalue weighted by atomic mass is 10.1. The zero-order valence-corrected chi connectivity index (χ0v) is 11.7. The largest absolute Gasteiger partial charge is 0.447 e. The molecule has 2 N–H and O–H groups in total. The van der Waals surface area contributed by atoms with Crippen LogP contribution in [0.15, 0.2) is 36.4 Å². The second-order valence-electron chi connectivity index (χ2n) is 4.76. The number of halogens is 1. The molecule has 2 aromatic rings. The van der Waals surface area contributed by atoms with Gasteiger partial charge in [0.1, 0.15) is 0 Å². The first-order chi connectivity index (χ1) is 9.90. The van der Waals surface area contributed by atoms with Crippen LogP contribution in [0.25, 0.3) is 0 Å². The minimum atomic E-state index is -0.609. The maximum Gasteiger partial charge on any atom is 0.311 e. The number of hydrogen-bond donors (Lipinski definition) is 1. The van der Waals surface area contributed by atoms with Gasteiger partial charge in [-0.3, -0.25) is 10.1 Å². The number of nitro benzene ring substituents is 1. The van der Waals surface area contributed by atoms with Crippen LogP contribution in [0.5, 0.6) is 11.5 Å². The Kier molecular flexibility index (Phi) is 4.18. The van der Waals surface area contributed by atoms with Gasteiger partial charge in [0.2, 0.25) is 5.75 Å². The van der Waals surface area contributed by atoms with Crippen LogP contribution in [-0.2, 0) is 0 Å². The summed E-state index contributed by atoms with van der Waals surface area (Å²) in [5.41, 5.74) is 6.65. The summed E-state index contributed by atoms with van der Waals surface area (Å²) in [7, 11) is 0. The van der Waals surface area contributed by atoms with Crippen molar-refractivity contribution in [2.45, 2.75) is 19.9 Å². The van der Waals surface area contributed by atoms with Crippen LogP contribution in [0.3, 0.4) is 0 Å². The Bertz CT molecular complexity index is 687. The predicted molar refractivity (Wildman–Crippen MR) is 76.9 cm³/mol. The smallest absolute Gasteiger partial charge is 0.311 e. The molecular formula is C15H15FN2O3. The van der Waals surface area contributed by atoms with Crippen molar-refractivity contribution in [3.63, 3.8) is 0 Å². The number of hydrogen-bond acceptors (Lipinski definition) is 4. The van der Waals surface area contributed by atoms with Crippen molar-refractivity contribution >= 4 is 5.69 Å². The Labute approximate surface area is 121 Å². The summed E-state index contributed by atoms with van der Waals surface area (Å²) < 4.78 is 19.4. The Balaban J connectivity index is 2.41. The first-order valence-electron chi connectivity index (χ1n) is 6.37. The van der Waals surface area contributed by atoms with Gasteiger partial charge in [0.25, 0.3) is 0 Å². The molecule has 6 heteroatoms. The highest BCUT2D eigenvalue weighted by atomic mass is 19.1. The molecule has 2 aromatic carbocycles. The van der Waals surface area contributed by atoms with Gasteiger partial charge in [-0.05, 0) is 37.1 Å². The number of aryl methyl sites for hydroxylation is 1. The van der Waals surface area contributed by atoms with Crippen LogP contribution in [0, 0.1) is 22.9 Å². The Morgan fingerprint density at radius 3 is 2.62 bits per heavy atom. The van der Waals surface area contributed by atoms with Crippen molar-refractivity contribution in [2.75, 3.05) is 0 Å². The standard InChI is InChI=1S/C15H15FN2O3/c1-9-4-3-5-13(18(19)20)15(9)21-14-7-6-11(10(2)17)8-12(14)16/h3-8,10H,17H2,1-2H3. The lowest BCUT2D eigenvalue weighted by Gasteiger charge is -2.11. The third kappa shape index (κ3) is 3.17. The third-order valence-electron chi connectivity index (χ3n) is 3.08. The average Bonchev–Trinajstić information content (AvgIpc) is 2.42. The molecule has 0 saturated heterocycles. The summed E-state index contributed by atoms with van der Waals surface area (Å²) in [4.78, 5) is 10.4. The summed E-state index contributed by atoms with van der Waals surface area (Å²) in [6, 6.07) is 8.55. The molecule has 1 atom stereocenters. The van der Waals surface area contributed by atoms with Crippen LogP contribution in [0.4, 0.5) is 10.1 Å². The lowest BCUT2D eigenvalue weighted by molar-refractivity contribution is -0.385. The second-order valence-corrected chi connectivity index (χ2v) is 4.76. The monoisotopic (exact) mass is 290 g/mol. The fourth-order valence-corrected chi connectivity index (χ4v) is 1.91. The van der Waals surface area contributed by atoms with Gasteiger partial charge in [-0.25, -0.2) is 4.39 Å². The molecule has 2 rings (SSSR count). The van der Waals surface area contributed by atoms with E-state index in [0.29, 0.717) is 11.1 Å². The SMILES string of the molecule is Cc1cccc([N+](=O)[O-])c1Oc1ccc(C(C)N)cc1F. The molecule has 110 valence electrons. The molecule has 0 heterocycles. The fourth-order valence-electron chi connectivity index (χ4n) is 1.91. The van der Waals surface area contributed by atoms with Crippen molar-refractivity contribution in [1.29, 1.82) is 0 Å². The van der Waals surface area contributed by atoms with Crippen molar-refractivity contribution in [1.82, 2.24) is 0 Å². The van der Waals surface area contributed by atoms with Crippen molar-refractivity contribution in [3.05, 3.63) is 63.5 Å². The topological polar surface area (TPSA) is 78.4 Å². The van der Waals surface area contributed by atoms with Gasteiger partial charge in [-0.15, -0.1) is 0 Å². The van der Waals surface area contributed by atoms with E-state index in [0.717, 1.165) is 0 Å². The van der Waals surface area contributed by atoms with E-state index in [4.69, 9.17) is 10.5 Å². The maximum absolute atomic E-state index is 14.0. The Hall–Kier alpha value is -2.47. The fraction of sp³-hybridized carbons (Fsp3) is 0.200. The molecular weight excluding hydrogens is 275 g/mol. The van der Waals surface area contributed by atoms with Gasteiger partial charge in [0.15, 0.2) is 11.6 Å². The highest BCUT2D eigenvalue weighted by molar-refractivity contribution is 5.53. The summed E-state index contributed by atoms with van der Waals surface area (Å²) in [5.74, 6) is -0.644. The molecule has 0 aliphatic heterocycles. The summed E-state index contributed by atoms with van der Waals surface area (Å²) in [5, 5.41) is 11.0. The molecule has 21 heavy (non-hydrogen) atoms. The van der Waals surface area contributed by atoms with Crippen molar-refractivity contribution in [2.24, 2.45) is 5.73 Å². The van der Waals surface area contributed by atoms with E-state index in [9.17, 15) is 14.5 Å². The maximum atomic E-state index is 14.0. The summed E-state index contributed by atoms with van der Waals surface area (Å²) in [6.07, 6.45) is 0. The molecule has 5 nitrogen and oxygen atoms in total. The van der Waals surface area contributed by atoms with Crippen LogP contribution < -0.4 is 10.5 Å². The molecule has 0 saturated carbocycles. The normalized spacial score (nSPS) is 12.0. The molecule has 0 bridgehead atoms. The first kappa shape index (κ1) is 14.9. The summed E-state index contributed by atoms with van der Waals surface area (Å²) >= 11 is 0. The van der Waals surface area contributed by atoms with Gasteiger partial charge in [-0.2, -0.15) is 0 Å². The Morgan fingerprint density at radius 2 is 2.05 bits per heavy atom. The molecule has 0 radical (unpaired) electrons. The van der Waals surface area contributed by atoms with Crippen LogP contribution >= 0.6 is 0 Å². The van der Waals surface area contributed by atoms with Crippen molar-refractivity contribution < 1.29 is 14.1 Å². The number of para-hydroxylation sites is 1. The van der Waals surface area contributed by atoms with E-state index < -0.39 is 10.7 Å². The average molecular weight is 290 g/mol. The number of rotatable bonds is 4. The molecule has 0 aliphatic rings. The number of benzene rings is 2. The van der Waals surface area contributed by atoms with Crippen molar-refractivity contribution in [3.8, 4) is 11.5 Å². The van der Waals surface area contributed by atoms with Crippen LogP contribution in [0.2, 0.25) is 0 Å². The number of nitrogens with two attached hydrogens (primary N) is 1. The van der Waals surface area contributed by atoms with E-state index >= 15 is 0 Å². The highest BCUT2D eigenvalue weighted by Crippen LogP contribution is 2.35. The quantitative estimate of drug-likeness (QED) is 0.685. The Morgan fingerprint density at radius 1 is 1.33 bits per heavy atom. The van der Waals surface area contributed by atoms with E-state index in [2.05, 4.69) is 0 Å². The van der Waals surface area contributed by atoms with E-state index in [1.807, 2.05) is 0 Å². The zero-order chi connectivity index (χ0) is 15.6. The number of ether oxygens (including phenoxy) is 1. The van der Waals surface area contributed by atoms with Gasteiger partial charge < -0.3 is 10.5 Å². The molecule has 0 spiro atoms. The molecule has 0 aliphatic carbocycles. The van der Waals surface area contributed by atoms with Gasteiger partial charge >= 0.3 is 5.69 Å². The van der Waals surface area contributed by atoms with Gasteiger partial charge in [0.05, 0.1) is 4.92 Å². The highest BCUT2D eigenvalue weighted by Gasteiger charge is 2.19. The minimum Gasteiger partial charge on any atom is -0.447 e. The van der Waals surface area contributed by atoms with Crippen LogP contribution in [0.1, 0.15) is 24.1 Å². The second kappa shape index (κ2) is 5.88. The third-order valence-corrected chi connectivity index (χ3v) is 3.08. The number of nitro groups is 1. The first-order valence-corrected chi connectivity index (χ1v) is 6.37. The molecule has 0 aromatic heterocycles. The van der Waals surface area contributed by atoms with E-state index in [1.54, 1.807) is 32.0 Å². The molecule has 0 amide bonds. The van der Waals surface area contributed by atoms with Crippen LogP contribution in [-0.4, -0.2) is 4.92 Å². The molecule has 0 fully saturated rings. The lowest BCUT2D eigenvalue weighted by Crippen LogP contribution is -2.05.